The van der Waals surface area contributed by atoms with Gasteiger partial charge in [-0.1, -0.05) is 149 Å². The standard InChI is InChI=1S/C41H46Si/c1-10-29-25-38-33(30-18-20-31(21-19-30)41(5,6)7)13-11-16-36(38)40(29)42(8,9)39-28(4)24-37-34(14-12-15-35(37)39)32-22-17-26(2)23-27(32)3/h11-25,39-40H,10H2,1-9H3. The first-order chi connectivity index (χ1) is 19.9. The van der Waals surface area contributed by atoms with E-state index in [9.17, 15) is 0 Å². The summed E-state index contributed by atoms with van der Waals surface area (Å²) in [5.41, 5.74) is 19.8. The van der Waals surface area contributed by atoms with Crippen molar-refractivity contribution >= 4 is 20.2 Å². The molecule has 6 rings (SSSR count). The molecule has 0 saturated carbocycles. The topological polar surface area (TPSA) is 0 Å². The van der Waals surface area contributed by atoms with Gasteiger partial charge in [-0.25, -0.2) is 0 Å². The highest BCUT2D eigenvalue weighted by molar-refractivity contribution is 6.81. The lowest BCUT2D eigenvalue weighted by molar-refractivity contribution is 0.590. The summed E-state index contributed by atoms with van der Waals surface area (Å²) in [6.07, 6.45) is 6.17. The van der Waals surface area contributed by atoms with Crippen LogP contribution in [0.1, 0.15) is 91.1 Å². The summed E-state index contributed by atoms with van der Waals surface area (Å²) in [5.74, 6) is 0. The van der Waals surface area contributed by atoms with Crippen LogP contribution in [0.2, 0.25) is 13.1 Å². The molecule has 0 N–H and O–H groups in total. The Morgan fingerprint density at radius 1 is 0.667 bits per heavy atom. The highest BCUT2D eigenvalue weighted by Gasteiger charge is 2.47. The maximum atomic E-state index is 2.65. The zero-order chi connectivity index (χ0) is 30.0. The van der Waals surface area contributed by atoms with Crippen molar-refractivity contribution in [3.8, 4) is 22.3 Å². The molecule has 0 amide bonds. The second-order valence-corrected chi connectivity index (χ2v) is 19.2. The number of rotatable bonds is 5. The average molecular weight is 567 g/mol. The Morgan fingerprint density at radius 3 is 1.90 bits per heavy atom. The highest BCUT2D eigenvalue weighted by Crippen LogP contribution is 2.55. The van der Waals surface area contributed by atoms with E-state index in [-0.39, 0.29) is 5.41 Å². The summed E-state index contributed by atoms with van der Waals surface area (Å²) in [7, 11) is -1.93. The minimum Gasteiger partial charge on any atom is -0.0679 e. The van der Waals surface area contributed by atoms with Crippen LogP contribution in [0.25, 0.3) is 34.4 Å². The van der Waals surface area contributed by atoms with Crippen molar-refractivity contribution in [2.24, 2.45) is 0 Å². The third-order valence-electron chi connectivity index (χ3n) is 10.1. The second kappa shape index (κ2) is 10.4. The van der Waals surface area contributed by atoms with E-state index in [1.54, 1.807) is 16.7 Å². The lowest BCUT2D eigenvalue weighted by Gasteiger charge is -2.39. The maximum Gasteiger partial charge on any atom is 0.0722 e. The van der Waals surface area contributed by atoms with Crippen molar-refractivity contribution in [3.63, 3.8) is 0 Å². The molecule has 0 aromatic heterocycles. The molecule has 4 aromatic carbocycles. The molecule has 42 heavy (non-hydrogen) atoms. The monoisotopic (exact) mass is 566 g/mol. The zero-order valence-electron chi connectivity index (χ0n) is 27.0. The van der Waals surface area contributed by atoms with Crippen LogP contribution in [0.5, 0.6) is 0 Å². The maximum absolute atomic E-state index is 2.65. The summed E-state index contributed by atoms with van der Waals surface area (Å²) in [6.45, 7) is 21.4. The van der Waals surface area contributed by atoms with Crippen LogP contribution in [0.3, 0.4) is 0 Å². The summed E-state index contributed by atoms with van der Waals surface area (Å²) in [5, 5.41) is 0. The van der Waals surface area contributed by atoms with Gasteiger partial charge in [0, 0.05) is 11.1 Å². The predicted octanol–water partition coefficient (Wildman–Crippen LogP) is 11.8. The average Bonchev–Trinajstić information content (AvgIpc) is 3.50. The third-order valence-corrected chi connectivity index (χ3v) is 14.5. The number of fused-ring (bicyclic) bond motifs is 2. The normalized spacial score (nSPS) is 18.0. The summed E-state index contributed by atoms with van der Waals surface area (Å²) in [4.78, 5) is 0. The Morgan fingerprint density at radius 2 is 1.29 bits per heavy atom. The first-order valence-corrected chi connectivity index (χ1v) is 18.9. The van der Waals surface area contributed by atoms with Crippen molar-refractivity contribution in [2.75, 3.05) is 0 Å². The molecular formula is C41H46Si. The van der Waals surface area contributed by atoms with Crippen molar-refractivity contribution in [1.82, 2.24) is 0 Å². The summed E-state index contributed by atoms with van der Waals surface area (Å²) < 4.78 is 0. The number of allylic oxidation sites excluding steroid dienone is 2. The largest absolute Gasteiger partial charge is 0.0722 e. The van der Waals surface area contributed by atoms with E-state index < -0.39 is 8.07 Å². The third kappa shape index (κ3) is 4.67. The molecule has 2 aliphatic carbocycles. The molecule has 2 aliphatic rings. The predicted molar refractivity (Wildman–Crippen MR) is 187 cm³/mol. The van der Waals surface area contributed by atoms with E-state index in [0.29, 0.717) is 11.1 Å². The molecule has 2 atom stereocenters. The SMILES string of the molecule is CCC1=Cc2c(-c3ccc(C(C)(C)C)cc3)cccc2C1[Si](C)(C)C1C(C)=Cc2c(-c3ccc(C)cc3C)cccc21. The summed E-state index contributed by atoms with van der Waals surface area (Å²) in [6, 6.07) is 30.3. The van der Waals surface area contributed by atoms with Crippen molar-refractivity contribution in [1.29, 1.82) is 0 Å². The number of hydrogen-bond acceptors (Lipinski definition) is 0. The summed E-state index contributed by atoms with van der Waals surface area (Å²) >= 11 is 0. The molecule has 0 spiro atoms. The Labute approximate surface area is 255 Å². The van der Waals surface area contributed by atoms with Crippen LogP contribution in [-0.4, -0.2) is 8.07 Å². The van der Waals surface area contributed by atoms with E-state index in [1.807, 2.05) is 0 Å². The van der Waals surface area contributed by atoms with Gasteiger partial charge >= 0.3 is 0 Å². The molecule has 0 heterocycles. The van der Waals surface area contributed by atoms with Gasteiger partial charge in [0.25, 0.3) is 0 Å². The van der Waals surface area contributed by atoms with Gasteiger partial charge in [0.15, 0.2) is 0 Å². The molecule has 214 valence electrons. The Kier molecular flexibility index (Phi) is 7.09. The van der Waals surface area contributed by atoms with Crippen LogP contribution in [0.4, 0.5) is 0 Å². The minimum atomic E-state index is -1.93. The van der Waals surface area contributed by atoms with Gasteiger partial charge in [-0.3, -0.25) is 0 Å². The number of hydrogen-bond donors (Lipinski definition) is 0. The van der Waals surface area contributed by atoms with Gasteiger partial charge < -0.3 is 0 Å². The number of aryl methyl sites for hydroxylation is 2. The van der Waals surface area contributed by atoms with Gasteiger partial charge in [-0.2, -0.15) is 0 Å². The molecular weight excluding hydrogens is 521 g/mol. The Hall–Kier alpha value is -3.42. The highest BCUT2D eigenvalue weighted by atomic mass is 28.3. The molecule has 0 bridgehead atoms. The molecule has 2 unspecified atom stereocenters. The fourth-order valence-electron chi connectivity index (χ4n) is 8.11. The molecule has 4 aromatic rings. The quantitative estimate of drug-likeness (QED) is 0.211. The van der Waals surface area contributed by atoms with Crippen molar-refractivity contribution in [2.45, 2.75) is 84.5 Å². The van der Waals surface area contributed by atoms with E-state index in [2.05, 4.69) is 153 Å². The first kappa shape index (κ1) is 28.7. The fraction of sp³-hybridized carbons (Fsp3) is 0.317. The van der Waals surface area contributed by atoms with Crippen LogP contribution >= 0.6 is 0 Å². The van der Waals surface area contributed by atoms with Crippen molar-refractivity contribution < 1.29 is 0 Å². The molecule has 0 fully saturated rings. The van der Waals surface area contributed by atoms with E-state index in [4.69, 9.17) is 0 Å². The molecule has 0 aliphatic heterocycles. The second-order valence-electron chi connectivity index (χ2n) is 14.4. The minimum absolute atomic E-state index is 0.161. The lowest BCUT2D eigenvalue weighted by atomic mass is 9.86. The van der Waals surface area contributed by atoms with Crippen LogP contribution < -0.4 is 0 Å². The molecule has 0 nitrogen and oxygen atoms in total. The van der Waals surface area contributed by atoms with Gasteiger partial charge in [-0.05, 0) is 88.2 Å². The van der Waals surface area contributed by atoms with E-state index >= 15 is 0 Å². The molecule has 0 saturated heterocycles. The van der Waals surface area contributed by atoms with Gasteiger partial charge in [0.05, 0.1) is 8.07 Å². The van der Waals surface area contributed by atoms with E-state index in [0.717, 1.165) is 6.42 Å². The van der Waals surface area contributed by atoms with Crippen LogP contribution in [-0.2, 0) is 5.41 Å². The van der Waals surface area contributed by atoms with Gasteiger partial charge in [-0.15, -0.1) is 0 Å². The van der Waals surface area contributed by atoms with E-state index in [1.165, 1.54) is 55.6 Å². The Bertz CT molecular complexity index is 1740. The van der Waals surface area contributed by atoms with Gasteiger partial charge in [0.1, 0.15) is 0 Å². The van der Waals surface area contributed by atoms with Crippen LogP contribution in [0.15, 0.2) is 90.0 Å². The fourth-order valence-corrected chi connectivity index (χ4v) is 13.0. The van der Waals surface area contributed by atoms with Crippen molar-refractivity contribution in [3.05, 3.63) is 129 Å². The smallest absolute Gasteiger partial charge is 0.0679 e. The molecule has 1 heteroatoms. The molecule has 0 radical (unpaired) electrons. The number of benzene rings is 4. The zero-order valence-corrected chi connectivity index (χ0v) is 28.0. The first-order valence-electron chi connectivity index (χ1n) is 15.7. The lowest BCUT2D eigenvalue weighted by Crippen LogP contribution is -2.42. The Balaban J connectivity index is 1.43. The van der Waals surface area contributed by atoms with Gasteiger partial charge in [0.2, 0.25) is 0 Å². The van der Waals surface area contributed by atoms with Crippen LogP contribution in [0, 0.1) is 13.8 Å².